The fourth-order valence-corrected chi connectivity index (χ4v) is 3.68. The smallest absolute Gasteiger partial charge is 0.231 e. The number of nitrogens with one attached hydrogen (secondary N) is 1. The number of benzene rings is 2. The SMILES string of the molecule is CC(C)CN1CC(C(=O)Nc2cccc(COc3ccc4c(c3)OCO4)c2)CC1=O. The lowest BCUT2D eigenvalue weighted by atomic mass is 10.1. The van der Waals surface area contributed by atoms with Crippen LogP contribution in [0.1, 0.15) is 25.8 Å². The Bertz CT molecular complexity index is 943. The summed E-state index contributed by atoms with van der Waals surface area (Å²) >= 11 is 0. The van der Waals surface area contributed by atoms with Crippen molar-refractivity contribution in [2.24, 2.45) is 11.8 Å². The zero-order valence-corrected chi connectivity index (χ0v) is 17.2. The third kappa shape index (κ3) is 4.67. The van der Waals surface area contributed by atoms with Gasteiger partial charge in [-0.1, -0.05) is 26.0 Å². The largest absolute Gasteiger partial charge is 0.489 e. The summed E-state index contributed by atoms with van der Waals surface area (Å²) < 4.78 is 16.5. The van der Waals surface area contributed by atoms with Crippen LogP contribution in [0.4, 0.5) is 5.69 Å². The summed E-state index contributed by atoms with van der Waals surface area (Å²) in [6.45, 7) is 5.89. The van der Waals surface area contributed by atoms with Gasteiger partial charge < -0.3 is 24.4 Å². The third-order valence-corrected chi connectivity index (χ3v) is 5.11. The molecule has 0 aliphatic carbocycles. The molecule has 0 radical (unpaired) electrons. The molecule has 7 nitrogen and oxygen atoms in total. The fourth-order valence-electron chi connectivity index (χ4n) is 3.68. The number of nitrogens with zero attached hydrogens (tertiary/aromatic N) is 1. The van der Waals surface area contributed by atoms with Crippen LogP contribution in [0, 0.1) is 11.8 Å². The van der Waals surface area contributed by atoms with Crippen molar-refractivity contribution >= 4 is 17.5 Å². The zero-order chi connectivity index (χ0) is 21.1. The third-order valence-electron chi connectivity index (χ3n) is 5.11. The normalized spacial score (nSPS) is 17.5. The molecule has 30 heavy (non-hydrogen) atoms. The van der Waals surface area contributed by atoms with Gasteiger partial charge >= 0.3 is 0 Å². The standard InChI is InChI=1S/C23H26N2O5/c1-15(2)11-25-12-17(9-22(25)26)23(27)24-18-5-3-4-16(8-18)13-28-19-6-7-20-21(10-19)30-14-29-20/h3-8,10,15,17H,9,11-14H2,1-2H3,(H,24,27). The molecule has 1 atom stereocenters. The molecule has 0 spiro atoms. The molecule has 1 fully saturated rings. The average Bonchev–Trinajstić information content (AvgIpc) is 3.32. The molecule has 4 rings (SSSR count). The molecule has 2 aliphatic heterocycles. The average molecular weight is 410 g/mol. The second kappa shape index (κ2) is 8.65. The van der Waals surface area contributed by atoms with Gasteiger partial charge in [0.05, 0.1) is 5.92 Å². The van der Waals surface area contributed by atoms with E-state index in [1.807, 2.05) is 36.4 Å². The van der Waals surface area contributed by atoms with E-state index in [-0.39, 0.29) is 30.9 Å². The molecular weight excluding hydrogens is 384 g/mol. The molecule has 158 valence electrons. The Morgan fingerprint density at radius 2 is 2.03 bits per heavy atom. The molecule has 0 saturated carbocycles. The van der Waals surface area contributed by atoms with E-state index in [4.69, 9.17) is 14.2 Å². The number of ether oxygens (including phenoxy) is 3. The highest BCUT2D eigenvalue weighted by Crippen LogP contribution is 2.35. The van der Waals surface area contributed by atoms with Crippen LogP contribution >= 0.6 is 0 Å². The van der Waals surface area contributed by atoms with Crippen LogP contribution < -0.4 is 19.5 Å². The monoisotopic (exact) mass is 410 g/mol. The lowest BCUT2D eigenvalue weighted by molar-refractivity contribution is -0.128. The lowest BCUT2D eigenvalue weighted by Crippen LogP contribution is -2.31. The van der Waals surface area contributed by atoms with Gasteiger partial charge in [0, 0.05) is 31.3 Å². The van der Waals surface area contributed by atoms with Crippen molar-refractivity contribution in [3.8, 4) is 17.2 Å². The minimum Gasteiger partial charge on any atom is -0.489 e. The number of carbonyl (C=O) groups is 2. The van der Waals surface area contributed by atoms with E-state index in [1.165, 1.54) is 0 Å². The van der Waals surface area contributed by atoms with E-state index in [1.54, 1.807) is 11.0 Å². The number of hydrogen-bond donors (Lipinski definition) is 1. The number of anilines is 1. The highest BCUT2D eigenvalue weighted by molar-refractivity contribution is 5.97. The van der Waals surface area contributed by atoms with E-state index in [0.29, 0.717) is 48.6 Å². The minimum atomic E-state index is -0.315. The Morgan fingerprint density at radius 1 is 1.20 bits per heavy atom. The van der Waals surface area contributed by atoms with E-state index in [0.717, 1.165) is 5.56 Å². The van der Waals surface area contributed by atoms with E-state index in [9.17, 15) is 9.59 Å². The lowest BCUT2D eigenvalue weighted by Gasteiger charge is -2.18. The predicted octanol–water partition coefficient (Wildman–Crippen LogP) is 3.44. The van der Waals surface area contributed by atoms with E-state index >= 15 is 0 Å². The summed E-state index contributed by atoms with van der Waals surface area (Å²) in [7, 11) is 0. The summed E-state index contributed by atoms with van der Waals surface area (Å²) in [5.74, 6) is 2.07. The summed E-state index contributed by atoms with van der Waals surface area (Å²) in [4.78, 5) is 26.6. The number of carbonyl (C=O) groups excluding carboxylic acids is 2. The maximum atomic E-state index is 12.6. The van der Waals surface area contributed by atoms with Crippen LogP contribution in [0.25, 0.3) is 0 Å². The van der Waals surface area contributed by atoms with Crippen LogP contribution in [-0.2, 0) is 16.2 Å². The number of likely N-dealkylation sites (tertiary alicyclic amines) is 1. The minimum absolute atomic E-state index is 0.0507. The van der Waals surface area contributed by atoms with E-state index < -0.39 is 0 Å². The Labute approximate surface area is 175 Å². The zero-order valence-electron chi connectivity index (χ0n) is 17.2. The van der Waals surface area contributed by atoms with Crippen molar-refractivity contribution < 1.29 is 23.8 Å². The summed E-state index contributed by atoms with van der Waals surface area (Å²) in [6, 6.07) is 13.0. The van der Waals surface area contributed by atoms with Crippen LogP contribution in [0.5, 0.6) is 17.2 Å². The van der Waals surface area contributed by atoms with Crippen molar-refractivity contribution in [2.75, 3.05) is 25.2 Å². The molecule has 2 aromatic carbocycles. The summed E-state index contributed by atoms with van der Waals surface area (Å²) in [5.41, 5.74) is 1.62. The Kier molecular flexibility index (Phi) is 5.79. The highest BCUT2D eigenvalue weighted by Gasteiger charge is 2.34. The first kappa shape index (κ1) is 20.1. The second-order valence-corrected chi connectivity index (χ2v) is 8.09. The van der Waals surface area contributed by atoms with Crippen LogP contribution in [-0.4, -0.2) is 36.6 Å². The van der Waals surface area contributed by atoms with Gasteiger partial charge in [0.1, 0.15) is 12.4 Å². The Hall–Kier alpha value is -3.22. The van der Waals surface area contributed by atoms with Gasteiger partial charge in [0.25, 0.3) is 0 Å². The van der Waals surface area contributed by atoms with Crippen LogP contribution in [0.3, 0.4) is 0 Å². The van der Waals surface area contributed by atoms with E-state index in [2.05, 4.69) is 19.2 Å². The number of fused-ring (bicyclic) bond motifs is 1. The molecule has 2 heterocycles. The molecule has 1 unspecified atom stereocenters. The quantitative estimate of drug-likeness (QED) is 0.757. The van der Waals surface area contributed by atoms with Crippen molar-refractivity contribution in [3.05, 3.63) is 48.0 Å². The van der Waals surface area contributed by atoms with Gasteiger partial charge in [0.2, 0.25) is 18.6 Å². The van der Waals surface area contributed by atoms with Crippen LogP contribution in [0.15, 0.2) is 42.5 Å². The van der Waals surface area contributed by atoms with Gasteiger partial charge in [0.15, 0.2) is 11.5 Å². The molecule has 2 aliphatic rings. The maximum absolute atomic E-state index is 12.6. The summed E-state index contributed by atoms with van der Waals surface area (Å²) in [6.07, 6.45) is 0.269. The molecular formula is C23H26N2O5. The molecule has 2 aromatic rings. The molecule has 2 amide bonds. The number of hydrogen-bond acceptors (Lipinski definition) is 5. The van der Waals surface area contributed by atoms with Crippen molar-refractivity contribution in [1.29, 1.82) is 0 Å². The van der Waals surface area contributed by atoms with Gasteiger partial charge in [-0.3, -0.25) is 9.59 Å². The molecule has 0 aromatic heterocycles. The fraction of sp³-hybridized carbons (Fsp3) is 0.391. The first-order chi connectivity index (χ1) is 14.5. The number of rotatable bonds is 7. The van der Waals surface area contributed by atoms with Gasteiger partial charge in [-0.05, 0) is 35.7 Å². The molecule has 0 bridgehead atoms. The van der Waals surface area contributed by atoms with Gasteiger partial charge in [-0.2, -0.15) is 0 Å². The van der Waals surface area contributed by atoms with Gasteiger partial charge in [-0.25, -0.2) is 0 Å². The Balaban J connectivity index is 1.33. The van der Waals surface area contributed by atoms with Crippen LogP contribution in [0.2, 0.25) is 0 Å². The predicted molar refractivity (Wildman–Crippen MR) is 111 cm³/mol. The maximum Gasteiger partial charge on any atom is 0.231 e. The molecule has 1 N–H and O–H groups in total. The van der Waals surface area contributed by atoms with Crippen molar-refractivity contribution in [3.63, 3.8) is 0 Å². The second-order valence-electron chi connectivity index (χ2n) is 8.09. The first-order valence-electron chi connectivity index (χ1n) is 10.2. The summed E-state index contributed by atoms with van der Waals surface area (Å²) in [5, 5.41) is 2.94. The Morgan fingerprint density at radius 3 is 2.87 bits per heavy atom. The van der Waals surface area contributed by atoms with Crippen molar-refractivity contribution in [1.82, 2.24) is 4.90 Å². The highest BCUT2D eigenvalue weighted by atomic mass is 16.7. The first-order valence-corrected chi connectivity index (χ1v) is 10.2. The molecule has 1 saturated heterocycles. The topological polar surface area (TPSA) is 77.1 Å². The van der Waals surface area contributed by atoms with Crippen molar-refractivity contribution in [2.45, 2.75) is 26.9 Å². The van der Waals surface area contributed by atoms with Gasteiger partial charge in [-0.15, -0.1) is 0 Å². The molecule has 7 heteroatoms. The number of amides is 2.